The monoisotopic (exact) mass is 404 g/mol. The summed E-state index contributed by atoms with van der Waals surface area (Å²) in [5.41, 5.74) is -0.194. The van der Waals surface area contributed by atoms with E-state index in [0.717, 1.165) is 12.1 Å². The molecule has 0 atom stereocenters. The number of rotatable bonds is 5. The zero-order chi connectivity index (χ0) is 21.2. The highest BCUT2D eigenvalue weighted by atomic mass is 19.4. The number of nitrogens with zero attached hydrogens (tertiary/aromatic N) is 4. The molecule has 0 spiro atoms. The first-order valence-electron chi connectivity index (χ1n) is 8.35. The molecule has 0 saturated carbocycles. The van der Waals surface area contributed by atoms with Gasteiger partial charge in [-0.2, -0.15) is 13.2 Å². The van der Waals surface area contributed by atoms with Crippen molar-refractivity contribution in [2.75, 3.05) is 7.05 Å². The summed E-state index contributed by atoms with van der Waals surface area (Å²) in [4.78, 5) is 28.6. The molecule has 0 aliphatic rings. The molecule has 0 unspecified atom stereocenters. The van der Waals surface area contributed by atoms with Gasteiger partial charge in [-0.15, -0.1) is 0 Å². The van der Waals surface area contributed by atoms with Crippen LogP contribution >= 0.6 is 0 Å². The fourth-order valence-electron chi connectivity index (χ4n) is 2.79. The predicted octanol–water partition coefficient (Wildman–Crippen LogP) is 4.07. The number of carbonyl (C=O) groups is 1. The van der Waals surface area contributed by atoms with Crippen LogP contribution in [0, 0.1) is 10.1 Å². The number of halogens is 3. The van der Waals surface area contributed by atoms with Crippen molar-refractivity contribution in [2.45, 2.75) is 12.7 Å². The van der Waals surface area contributed by atoms with Gasteiger partial charge in [-0.25, -0.2) is 4.98 Å². The summed E-state index contributed by atoms with van der Waals surface area (Å²) in [6, 6.07) is 8.53. The number of aromatic nitrogens is 2. The second-order valence-corrected chi connectivity index (χ2v) is 6.29. The van der Waals surface area contributed by atoms with Crippen molar-refractivity contribution in [1.29, 1.82) is 0 Å². The van der Waals surface area contributed by atoms with Crippen LogP contribution in [0.15, 0.2) is 61.2 Å². The van der Waals surface area contributed by atoms with Crippen molar-refractivity contribution >= 4 is 11.6 Å². The summed E-state index contributed by atoms with van der Waals surface area (Å²) in [7, 11) is 1.47. The van der Waals surface area contributed by atoms with Gasteiger partial charge in [-0.05, 0) is 29.8 Å². The lowest BCUT2D eigenvalue weighted by molar-refractivity contribution is -0.384. The fraction of sp³-hybridized carbons (Fsp3) is 0.158. The molecule has 3 rings (SSSR count). The van der Waals surface area contributed by atoms with Crippen LogP contribution in [0.4, 0.5) is 18.9 Å². The molecule has 1 heterocycles. The second-order valence-electron chi connectivity index (χ2n) is 6.29. The van der Waals surface area contributed by atoms with Gasteiger partial charge in [0.25, 0.3) is 11.6 Å². The largest absolute Gasteiger partial charge is 0.416 e. The predicted molar refractivity (Wildman–Crippen MR) is 97.5 cm³/mol. The number of hydrogen-bond acceptors (Lipinski definition) is 4. The Balaban J connectivity index is 1.80. The number of nitro benzene ring substituents is 1. The third-order valence-electron chi connectivity index (χ3n) is 4.25. The van der Waals surface area contributed by atoms with Crippen molar-refractivity contribution in [2.24, 2.45) is 0 Å². The second kappa shape index (κ2) is 7.74. The maximum atomic E-state index is 12.7. The van der Waals surface area contributed by atoms with E-state index in [-0.39, 0.29) is 23.5 Å². The number of benzene rings is 2. The fourth-order valence-corrected chi connectivity index (χ4v) is 2.79. The van der Waals surface area contributed by atoms with Crippen LogP contribution < -0.4 is 0 Å². The maximum absolute atomic E-state index is 12.7. The zero-order valence-corrected chi connectivity index (χ0v) is 15.1. The Hall–Kier alpha value is -3.69. The van der Waals surface area contributed by atoms with Gasteiger partial charge in [0.2, 0.25) is 0 Å². The molecule has 10 heteroatoms. The molecule has 0 aliphatic heterocycles. The van der Waals surface area contributed by atoms with Gasteiger partial charge in [-0.1, -0.05) is 12.1 Å². The van der Waals surface area contributed by atoms with E-state index in [1.54, 1.807) is 6.20 Å². The van der Waals surface area contributed by atoms with Gasteiger partial charge in [0, 0.05) is 37.6 Å². The maximum Gasteiger partial charge on any atom is 0.416 e. The first-order chi connectivity index (χ1) is 13.7. The van der Waals surface area contributed by atoms with E-state index >= 15 is 0 Å². The molecule has 150 valence electrons. The Morgan fingerprint density at radius 3 is 2.45 bits per heavy atom. The topological polar surface area (TPSA) is 81.3 Å². The van der Waals surface area contributed by atoms with Crippen molar-refractivity contribution in [3.8, 4) is 5.69 Å². The van der Waals surface area contributed by atoms with Crippen LogP contribution in [0.2, 0.25) is 0 Å². The molecular formula is C19H15F3N4O3. The summed E-state index contributed by atoms with van der Waals surface area (Å²) in [5.74, 6) is -0.495. The van der Waals surface area contributed by atoms with Crippen LogP contribution in [0.3, 0.4) is 0 Å². The molecule has 2 aromatic carbocycles. The Labute approximate surface area is 163 Å². The van der Waals surface area contributed by atoms with Crippen LogP contribution in [0.5, 0.6) is 0 Å². The third kappa shape index (κ3) is 4.42. The minimum absolute atomic E-state index is 0.0496. The number of alkyl halides is 3. The van der Waals surface area contributed by atoms with E-state index < -0.39 is 22.6 Å². The summed E-state index contributed by atoms with van der Waals surface area (Å²) in [5, 5.41) is 11.4. The first-order valence-corrected chi connectivity index (χ1v) is 8.35. The number of nitro groups is 1. The van der Waals surface area contributed by atoms with E-state index in [9.17, 15) is 28.1 Å². The lowest BCUT2D eigenvalue weighted by Crippen LogP contribution is -2.26. The molecule has 1 aromatic heterocycles. The highest BCUT2D eigenvalue weighted by molar-refractivity contribution is 5.95. The number of carbonyl (C=O) groups excluding carboxylic acids is 1. The number of imidazole rings is 1. The zero-order valence-electron chi connectivity index (χ0n) is 15.1. The minimum atomic E-state index is -4.43. The number of hydrogen-bond donors (Lipinski definition) is 0. The van der Waals surface area contributed by atoms with Crippen molar-refractivity contribution < 1.29 is 22.9 Å². The average Bonchev–Trinajstić information content (AvgIpc) is 3.21. The quantitative estimate of drug-likeness (QED) is 0.474. The van der Waals surface area contributed by atoms with Gasteiger partial charge in [-0.3, -0.25) is 14.9 Å². The van der Waals surface area contributed by atoms with E-state index in [1.165, 1.54) is 59.4 Å². The Kier molecular flexibility index (Phi) is 5.35. The summed E-state index contributed by atoms with van der Waals surface area (Å²) in [6.07, 6.45) is -0.0160. The van der Waals surface area contributed by atoms with Crippen molar-refractivity contribution in [1.82, 2.24) is 14.5 Å². The molecule has 0 radical (unpaired) electrons. The molecular weight excluding hydrogens is 389 g/mol. The Bertz CT molecular complexity index is 1030. The first kappa shape index (κ1) is 20.1. The normalized spacial score (nSPS) is 11.3. The Morgan fingerprint density at radius 1 is 1.21 bits per heavy atom. The van der Waals surface area contributed by atoms with Gasteiger partial charge in [0.15, 0.2) is 0 Å². The van der Waals surface area contributed by atoms with Gasteiger partial charge in [0.1, 0.15) is 5.69 Å². The van der Waals surface area contributed by atoms with E-state index in [1.807, 2.05) is 0 Å². The molecule has 0 fully saturated rings. The van der Waals surface area contributed by atoms with Gasteiger partial charge < -0.3 is 9.47 Å². The molecule has 0 bridgehead atoms. The van der Waals surface area contributed by atoms with Crippen LogP contribution in [0.1, 0.15) is 21.5 Å². The highest BCUT2D eigenvalue weighted by Gasteiger charge is 2.30. The van der Waals surface area contributed by atoms with Gasteiger partial charge >= 0.3 is 6.18 Å². The highest BCUT2D eigenvalue weighted by Crippen LogP contribution is 2.29. The SMILES string of the molecule is CN(Cc1ccc(C(F)(F)F)cc1)C(=O)c1ccc(-n2ccnc2)c([N+](=O)[O-])c1. The van der Waals surface area contributed by atoms with Crippen molar-refractivity contribution in [3.05, 3.63) is 88.0 Å². The van der Waals surface area contributed by atoms with E-state index in [0.29, 0.717) is 5.56 Å². The van der Waals surface area contributed by atoms with Gasteiger partial charge in [0.05, 0.1) is 16.8 Å². The molecule has 1 amide bonds. The van der Waals surface area contributed by atoms with E-state index in [4.69, 9.17) is 0 Å². The summed E-state index contributed by atoms with van der Waals surface area (Å²) in [6.45, 7) is 0.0496. The van der Waals surface area contributed by atoms with E-state index in [2.05, 4.69) is 4.98 Å². The summed E-state index contributed by atoms with van der Waals surface area (Å²) >= 11 is 0. The standard InChI is InChI=1S/C19H15F3N4O3/c1-24(11-13-2-5-15(6-3-13)19(20,21)22)18(27)14-4-7-16(17(10-14)26(28)29)25-9-8-23-12-25/h2-10,12H,11H2,1H3. The molecule has 0 N–H and O–H groups in total. The van der Waals surface area contributed by atoms with Crippen LogP contribution in [0.25, 0.3) is 5.69 Å². The van der Waals surface area contributed by atoms with Crippen LogP contribution in [-0.4, -0.2) is 32.3 Å². The lowest BCUT2D eigenvalue weighted by atomic mass is 10.1. The molecule has 0 aliphatic carbocycles. The van der Waals surface area contributed by atoms with Crippen molar-refractivity contribution in [3.63, 3.8) is 0 Å². The third-order valence-corrected chi connectivity index (χ3v) is 4.25. The lowest BCUT2D eigenvalue weighted by Gasteiger charge is -2.18. The minimum Gasteiger partial charge on any atom is -0.337 e. The number of amides is 1. The summed E-state index contributed by atoms with van der Waals surface area (Å²) < 4.78 is 39.4. The Morgan fingerprint density at radius 2 is 1.90 bits per heavy atom. The molecule has 7 nitrogen and oxygen atoms in total. The average molecular weight is 404 g/mol. The molecule has 29 heavy (non-hydrogen) atoms. The molecule has 3 aromatic rings. The molecule has 0 saturated heterocycles. The van der Waals surface area contributed by atoms with Crippen LogP contribution in [-0.2, 0) is 12.7 Å². The smallest absolute Gasteiger partial charge is 0.337 e.